The smallest absolute Gasteiger partial charge is 0.0689 e. The van der Waals surface area contributed by atoms with E-state index in [1.807, 2.05) is 0 Å². The molecular formula is C27H41N. The van der Waals surface area contributed by atoms with Crippen LogP contribution < -0.4 is 0 Å². The Morgan fingerprint density at radius 2 is 1.46 bits per heavy atom. The molecule has 0 aliphatic heterocycles. The van der Waals surface area contributed by atoms with Gasteiger partial charge in [-0.15, -0.1) is 0 Å². The lowest BCUT2D eigenvalue weighted by Gasteiger charge is -2.35. The molecule has 0 saturated heterocycles. The number of aryl methyl sites for hydroxylation is 1. The molecule has 2 saturated carbocycles. The highest BCUT2D eigenvalue weighted by Gasteiger charge is 2.35. The van der Waals surface area contributed by atoms with Gasteiger partial charge in [-0.3, -0.25) is 0 Å². The van der Waals surface area contributed by atoms with Gasteiger partial charge in [0.25, 0.3) is 0 Å². The predicted molar refractivity (Wildman–Crippen MR) is 119 cm³/mol. The molecule has 0 N–H and O–H groups in total. The molecule has 3 rings (SSSR count). The summed E-state index contributed by atoms with van der Waals surface area (Å²) in [6.45, 7) is 4.54. The first-order chi connectivity index (χ1) is 13.7. The standard InChI is InChI=1S/C27H41N/c1-3-5-22-6-8-23(9-7-22)10-11-24-12-14-25(15-13-24)26-16-19-27(21-28,18-4-2)20-17-26/h12-15,22-23,26H,3-11,16-20H2,1-2H3. The second-order valence-corrected chi connectivity index (χ2v) is 9.87. The maximum absolute atomic E-state index is 9.62. The Balaban J connectivity index is 1.44. The van der Waals surface area contributed by atoms with Crippen LogP contribution in [0.25, 0.3) is 0 Å². The highest BCUT2D eigenvalue weighted by atomic mass is 14.4. The van der Waals surface area contributed by atoms with Gasteiger partial charge < -0.3 is 0 Å². The van der Waals surface area contributed by atoms with Crippen LogP contribution in [0.3, 0.4) is 0 Å². The highest BCUT2D eigenvalue weighted by molar-refractivity contribution is 5.26. The molecule has 1 aromatic rings. The third kappa shape index (κ3) is 5.62. The van der Waals surface area contributed by atoms with E-state index in [1.54, 1.807) is 0 Å². The van der Waals surface area contributed by atoms with Gasteiger partial charge in [-0.25, -0.2) is 0 Å². The molecule has 2 aliphatic carbocycles. The number of benzene rings is 1. The number of nitriles is 1. The fourth-order valence-corrected chi connectivity index (χ4v) is 5.94. The van der Waals surface area contributed by atoms with Crippen LogP contribution in [-0.2, 0) is 6.42 Å². The van der Waals surface area contributed by atoms with E-state index in [9.17, 15) is 5.26 Å². The summed E-state index contributed by atoms with van der Waals surface area (Å²) in [6, 6.07) is 12.2. The van der Waals surface area contributed by atoms with Crippen molar-refractivity contribution in [2.45, 2.75) is 110 Å². The number of nitrogens with zero attached hydrogens (tertiary/aromatic N) is 1. The number of rotatable bonds is 8. The van der Waals surface area contributed by atoms with Crippen molar-refractivity contribution in [3.63, 3.8) is 0 Å². The number of hydrogen-bond acceptors (Lipinski definition) is 1. The summed E-state index contributed by atoms with van der Waals surface area (Å²) in [5.74, 6) is 2.65. The van der Waals surface area contributed by atoms with Crippen LogP contribution in [-0.4, -0.2) is 0 Å². The molecule has 0 aromatic heterocycles. The Morgan fingerprint density at radius 3 is 2.00 bits per heavy atom. The molecule has 0 unspecified atom stereocenters. The quantitative estimate of drug-likeness (QED) is 0.446. The summed E-state index contributed by atoms with van der Waals surface area (Å²) in [4.78, 5) is 0. The van der Waals surface area contributed by atoms with Crippen LogP contribution in [0.2, 0.25) is 0 Å². The summed E-state index contributed by atoms with van der Waals surface area (Å²) < 4.78 is 0. The van der Waals surface area contributed by atoms with Crippen LogP contribution in [0.15, 0.2) is 24.3 Å². The molecule has 0 atom stereocenters. The minimum absolute atomic E-state index is 0.0265. The van der Waals surface area contributed by atoms with E-state index >= 15 is 0 Å². The van der Waals surface area contributed by atoms with Crippen molar-refractivity contribution in [3.8, 4) is 6.07 Å². The average molecular weight is 380 g/mol. The minimum Gasteiger partial charge on any atom is -0.198 e. The van der Waals surface area contributed by atoms with Crippen LogP contribution in [0.5, 0.6) is 0 Å². The Bertz CT molecular complexity index is 607. The van der Waals surface area contributed by atoms with Crippen LogP contribution >= 0.6 is 0 Å². The summed E-state index contributed by atoms with van der Waals surface area (Å²) in [7, 11) is 0. The maximum Gasteiger partial charge on any atom is 0.0689 e. The first-order valence-electron chi connectivity index (χ1n) is 12.2. The monoisotopic (exact) mass is 379 g/mol. The zero-order valence-corrected chi connectivity index (χ0v) is 18.4. The first kappa shape index (κ1) is 21.4. The molecule has 1 heteroatoms. The normalized spacial score (nSPS) is 30.7. The van der Waals surface area contributed by atoms with Gasteiger partial charge in [0, 0.05) is 0 Å². The summed E-state index contributed by atoms with van der Waals surface area (Å²) >= 11 is 0. The lowest BCUT2D eigenvalue weighted by molar-refractivity contribution is 0.228. The van der Waals surface area contributed by atoms with Crippen molar-refractivity contribution in [1.82, 2.24) is 0 Å². The highest BCUT2D eigenvalue weighted by Crippen LogP contribution is 2.45. The van der Waals surface area contributed by atoms with Gasteiger partial charge in [0.2, 0.25) is 0 Å². The molecule has 28 heavy (non-hydrogen) atoms. The predicted octanol–water partition coefficient (Wildman–Crippen LogP) is 8.19. The van der Waals surface area contributed by atoms with E-state index in [1.165, 1.54) is 75.3 Å². The van der Waals surface area contributed by atoms with Gasteiger partial charge in [-0.05, 0) is 73.8 Å². The van der Waals surface area contributed by atoms with Gasteiger partial charge in [-0.1, -0.05) is 83.1 Å². The van der Waals surface area contributed by atoms with Crippen molar-refractivity contribution in [2.75, 3.05) is 0 Å². The van der Waals surface area contributed by atoms with Crippen LogP contribution in [0, 0.1) is 28.6 Å². The van der Waals surface area contributed by atoms with Crippen molar-refractivity contribution in [3.05, 3.63) is 35.4 Å². The van der Waals surface area contributed by atoms with Crippen molar-refractivity contribution < 1.29 is 0 Å². The van der Waals surface area contributed by atoms with Crippen LogP contribution in [0.1, 0.15) is 114 Å². The summed E-state index contributed by atoms with van der Waals surface area (Å²) in [5, 5.41) is 9.62. The van der Waals surface area contributed by atoms with E-state index in [-0.39, 0.29) is 5.41 Å². The van der Waals surface area contributed by atoms with Crippen molar-refractivity contribution in [1.29, 1.82) is 5.26 Å². The van der Waals surface area contributed by atoms with Gasteiger partial charge in [-0.2, -0.15) is 5.26 Å². The van der Waals surface area contributed by atoms with E-state index in [0.717, 1.165) is 37.5 Å². The molecule has 0 radical (unpaired) electrons. The fourth-order valence-electron chi connectivity index (χ4n) is 5.94. The third-order valence-corrected chi connectivity index (χ3v) is 7.86. The Hall–Kier alpha value is -1.29. The zero-order chi connectivity index (χ0) is 19.8. The lowest BCUT2D eigenvalue weighted by atomic mass is 9.68. The minimum atomic E-state index is -0.0265. The molecular weight excluding hydrogens is 338 g/mol. The second kappa shape index (κ2) is 10.5. The third-order valence-electron chi connectivity index (χ3n) is 7.86. The van der Waals surface area contributed by atoms with Gasteiger partial charge in [0.05, 0.1) is 11.5 Å². The zero-order valence-electron chi connectivity index (χ0n) is 18.4. The van der Waals surface area contributed by atoms with Gasteiger partial charge in [0.1, 0.15) is 0 Å². The Morgan fingerprint density at radius 1 is 0.857 bits per heavy atom. The molecule has 2 aliphatic rings. The molecule has 1 nitrogen and oxygen atoms in total. The van der Waals surface area contributed by atoms with Crippen LogP contribution in [0.4, 0.5) is 0 Å². The van der Waals surface area contributed by atoms with Crippen molar-refractivity contribution in [2.24, 2.45) is 17.3 Å². The molecule has 0 spiro atoms. The average Bonchev–Trinajstić information content (AvgIpc) is 2.75. The van der Waals surface area contributed by atoms with E-state index in [2.05, 4.69) is 44.2 Å². The maximum atomic E-state index is 9.62. The largest absolute Gasteiger partial charge is 0.198 e. The van der Waals surface area contributed by atoms with Gasteiger partial charge in [0.15, 0.2) is 0 Å². The Labute approximate surface area is 173 Å². The molecule has 2 fully saturated rings. The first-order valence-corrected chi connectivity index (χ1v) is 12.2. The Kier molecular flexibility index (Phi) is 8.01. The van der Waals surface area contributed by atoms with E-state index in [0.29, 0.717) is 5.92 Å². The molecule has 0 amide bonds. The molecule has 0 heterocycles. The van der Waals surface area contributed by atoms with Gasteiger partial charge >= 0.3 is 0 Å². The molecule has 154 valence electrons. The van der Waals surface area contributed by atoms with Crippen molar-refractivity contribution >= 4 is 0 Å². The van der Waals surface area contributed by atoms with E-state index < -0.39 is 0 Å². The van der Waals surface area contributed by atoms with E-state index in [4.69, 9.17) is 0 Å². The fraction of sp³-hybridized carbons (Fsp3) is 0.741. The SMILES string of the molecule is CCCC1CCC(CCc2ccc(C3CCC(C#N)(CCC)CC3)cc2)CC1. The summed E-state index contributed by atoms with van der Waals surface area (Å²) in [6.07, 6.45) is 18.1. The molecule has 0 bridgehead atoms. The summed E-state index contributed by atoms with van der Waals surface area (Å²) in [5.41, 5.74) is 3.00. The second-order valence-electron chi connectivity index (χ2n) is 9.87. The topological polar surface area (TPSA) is 23.8 Å². The molecule has 1 aromatic carbocycles. The lowest BCUT2D eigenvalue weighted by Crippen LogP contribution is -2.25. The number of hydrogen-bond donors (Lipinski definition) is 0.